The molecule has 0 aliphatic rings. The van der Waals surface area contributed by atoms with E-state index in [9.17, 15) is 39.9 Å². The van der Waals surface area contributed by atoms with Gasteiger partial charge >= 0.3 is 12.3 Å². The van der Waals surface area contributed by atoms with Crippen LogP contribution in [-0.4, -0.2) is 17.4 Å². The van der Waals surface area contributed by atoms with Gasteiger partial charge in [0.2, 0.25) is 29.1 Å². The third kappa shape index (κ3) is 4.90. The normalized spacial score (nSPS) is 10.7. The molecule has 0 amide bonds. The zero-order valence-corrected chi connectivity index (χ0v) is 9.29. The summed E-state index contributed by atoms with van der Waals surface area (Å²) in [6.45, 7) is 0.688. The summed E-state index contributed by atoms with van der Waals surface area (Å²) in [4.78, 5) is 9.52. The molecule has 1 aromatic carbocycles. The number of ether oxygens (including phenoxy) is 1. The lowest BCUT2D eigenvalue weighted by atomic mass is 10.3. The minimum absolute atomic E-state index is 0.688. The summed E-state index contributed by atoms with van der Waals surface area (Å²) in [6, 6.07) is 0. The standard InChI is InChI=1S/C6HF5O.C3H3F3O2/c7-1-2(8)4(10)6(12)5(11)3(1)9;1-2(7)8-3(4,5)6/h12H;1H3. The molecule has 114 valence electrons. The van der Waals surface area contributed by atoms with Crippen molar-refractivity contribution < 1.29 is 49.8 Å². The van der Waals surface area contributed by atoms with Crippen LogP contribution in [-0.2, 0) is 9.53 Å². The second-order valence-corrected chi connectivity index (χ2v) is 2.96. The van der Waals surface area contributed by atoms with E-state index in [2.05, 4.69) is 4.74 Å². The van der Waals surface area contributed by atoms with E-state index in [-0.39, 0.29) is 0 Å². The van der Waals surface area contributed by atoms with Gasteiger partial charge in [0.15, 0.2) is 5.75 Å². The lowest BCUT2D eigenvalue weighted by Crippen LogP contribution is -2.16. The van der Waals surface area contributed by atoms with Gasteiger partial charge in [-0.2, -0.15) is 8.78 Å². The van der Waals surface area contributed by atoms with Crippen LogP contribution in [0.25, 0.3) is 0 Å². The summed E-state index contributed by atoms with van der Waals surface area (Å²) in [5, 5.41) is 8.30. The Hall–Kier alpha value is -2.07. The van der Waals surface area contributed by atoms with Gasteiger partial charge in [-0.15, -0.1) is 13.2 Å². The highest BCUT2D eigenvalue weighted by atomic mass is 19.4. The molecular weight excluding hydrogens is 308 g/mol. The Morgan fingerprint density at radius 2 is 1.20 bits per heavy atom. The summed E-state index contributed by atoms with van der Waals surface area (Å²) < 4.78 is 96.0. The fourth-order valence-electron chi connectivity index (χ4n) is 0.756. The largest absolute Gasteiger partial charge is 0.575 e. The molecule has 0 heterocycles. The first-order valence-electron chi connectivity index (χ1n) is 4.35. The fourth-order valence-corrected chi connectivity index (χ4v) is 0.756. The SMILES string of the molecule is CC(=O)OC(F)(F)F.Oc1c(F)c(F)c(F)c(F)c1F. The van der Waals surface area contributed by atoms with Crippen LogP contribution in [0.2, 0.25) is 0 Å². The molecular formula is C9H4F8O3. The second-order valence-electron chi connectivity index (χ2n) is 2.96. The first kappa shape index (κ1) is 17.9. The average molecular weight is 312 g/mol. The zero-order valence-electron chi connectivity index (χ0n) is 9.29. The molecule has 0 unspecified atom stereocenters. The van der Waals surface area contributed by atoms with Gasteiger partial charge in [0.05, 0.1) is 0 Å². The highest BCUT2D eigenvalue weighted by Gasteiger charge is 2.32. The number of phenols is 1. The van der Waals surface area contributed by atoms with E-state index in [0.29, 0.717) is 6.92 Å². The van der Waals surface area contributed by atoms with Crippen molar-refractivity contribution >= 4 is 5.97 Å². The van der Waals surface area contributed by atoms with Crippen LogP contribution in [0.1, 0.15) is 6.92 Å². The van der Waals surface area contributed by atoms with Crippen molar-refractivity contribution in [1.82, 2.24) is 0 Å². The smallest absolute Gasteiger partial charge is 0.503 e. The number of benzene rings is 1. The first-order chi connectivity index (χ1) is 8.88. The number of esters is 1. The molecule has 0 fully saturated rings. The summed E-state index contributed by atoms with van der Waals surface area (Å²) in [7, 11) is 0. The second kappa shape index (κ2) is 6.39. The van der Waals surface area contributed by atoms with Gasteiger partial charge in [0.25, 0.3) is 0 Å². The minimum Gasteiger partial charge on any atom is -0.503 e. The predicted octanol–water partition coefficient (Wildman–Crippen LogP) is 3.16. The van der Waals surface area contributed by atoms with Crippen LogP contribution in [0.3, 0.4) is 0 Å². The summed E-state index contributed by atoms with van der Waals surface area (Å²) in [5.41, 5.74) is 0. The van der Waals surface area contributed by atoms with E-state index in [0.717, 1.165) is 0 Å². The number of aromatic hydroxyl groups is 1. The van der Waals surface area contributed by atoms with Crippen LogP contribution in [0.15, 0.2) is 0 Å². The van der Waals surface area contributed by atoms with E-state index in [1.165, 1.54) is 0 Å². The topological polar surface area (TPSA) is 46.5 Å². The van der Waals surface area contributed by atoms with Gasteiger partial charge in [-0.25, -0.2) is 13.2 Å². The van der Waals surface area contributed by atoms with Crippen molar-refractivity contribution in [3.8, 4) is 5.75 Å². The molecule has 0 aliphatic heterocycles. The zero-order chi connectivity index (χ0) is 16.2. The quantitative estimate of drug-likeness (QED) is 0.346. The molecule has 20 heavy (non-hydrogen) atoms. The minimum atomic E-state index is -4.83. The number of hydrogen-bond acceptors (Lipinski definition) is 3. The Balaban J connectivity index is 0.000000396. The molecule has 0 saturated heterocycles. The molecule has 0 spiro atoms. The fraction of sp³-hybridized carbons (Fsp3) is 0.222. The third-order valence-corrected chi connectivity index (χ3v) is 1.45. The molecule has 0 saturated carbocycles. The van der Waals surface area contributed by atoms with Crippen molar-refractivity contribution in [1.29, 1.82) is 0 Å². The summed E-state index contributed by atoms with van der Waals surface area (Å²) >= 11 is 0. The third-order valence-electron chi connectivity index (χ3n) is 1.45. The highest BCUT2D eigenvalue weighted by molar-refractivity contribution is 5.66. The Bertz CT molecular complexity index is 406. The average Bonchev–Trinajstić information content (AvgIpc) is 2.29. The summed E-state index contributed by atoms with van der Waals surface area (Å²) in [5.74, 6) is -14.3. The van der Waals surface area contributed by atoms with E-state index in [1.54, 1.807) is 0 Å². The molecule has 11 heteroatoms. The monoisotopic (exact) mass is 312 g/mol. The Morgan fingerprint density at radius 1 is 0.900 bits per heavy atom. The number of halogens is 8. The maximum absolute atomic E-state index is 12.2. The van der Waals surface area contributed by atoms with E-state index >= 15 is 0 Å². The molecule has 1 rings (SSSR count). The van der Waals surface area contributed by atoms with Crippen LogP contribution < -0.4 is 0 Å². The van der Waals surface area contributed by atoms with Crippen molar-refractivity contribution in [2.45, 2.75) is 13.3 Å². The van der Waals surface area contributed by atoms with E-state index in [1.807, 2.05) is 0 Å². The predicted molar refractivity (Wildman–Crippen MR) is 45.7 cm³/mol. The molecule has 1 aromatic rings. The van der Waals surface area contributed by atoms with Crippen molar-refractivity contribution in [3.05, 3.63) is 29.1 Å². The number of rotatable bonds is 0. The maximum Gasteiger partial charge on any atom is 0.575 e. The number of alkyl halides is 3. The molecule has 0 aliphatic carbocycles. The molecule has 0 atom stereocenters. The van der Waals surface area contributed by atoms with Gasteiger partial charge in [0.1, 0.15) is 0 Å². The van der Waals surface area contributed by atoms with Gasteiger partial charge in [-0.1, -0.05) is 0 Å². The van der Waals surface area contributed by atoms with E-state index in [4.69, 9.17) is 5.11 Å². The van der Waals surface area contributed by atoms with Crippen molar-refractivity contribution in [3.63, 3.8) is 0 Å². The summed E-state index contributed by atoms with van der Waals surface area (Å²) in [6.07, 6.45) is -4.83. The van der Waals surface area contributed by atoms with E-state index < -0.39 is 47.2 Å². The van der Waals surface area contributed by atoms with Gasteiger partial charge < -0.3 is 9.84 Å². The Kier molecular flexibility index (Phi) is 5.73. The number of phenolic OH excluding ortho intramolecular Hbond substituents is 1. The van der Waals surface area contributed by atoms with Crippen LogP contribution >= 0.6 is 0 Å². The van der Waals surface area contributed by atoms with Gasteiger partial charge in [-0.05, 0) is 0 Å². The molecule has 3 nitrogen and oxygen atoms in total. The molecule has 0 radical (unpaired) electrons. The lowest BCUT2D eigenvalue weighted by Gasteiger charge is -2.02. The van der Waals surface area contributed by atoms with Crippen LogP contribution in [0, 0.1) is 29.1 Å². The first-order valence-corrected chi connectivity index (χ1v) is 4.35. The maximum atomic E-state index is 12.2. The Labute approximate surface area is 105 Å². The number of carbonyl (C=O) groups is 1. The molecule has 1 N–H and O–H groups in total. The van der Waals surface area contributed by atoms with Crippen molar-refractivity contribution in [2.24, 2.45) is 0 Å². The Morgan fingerprint density at radius 3 is 1.40 bits per heavy atom. The van der Waals surface area contributed by atoms with Crippen LogP contribution in [0.4, 0.5) is 35.1 Å². The van der Waals surface area contributed by atoms with Gasteiger partial charge in [-0.3, -0.25) is 4.79 Å². The van der Waals surface area contributed by atoms with Crippen LogP contribution in [0.5, 0.6) is 5.75 Å². The lowest BCUT2D eigenvalue weighted by molar-refractivity contribution is -0.304. The van der Waals surface area contributed by atoms with Gasteiger partial charge in [0, 0.05) is 6.92 Å². The highest BCUT2D eigenvalue weighted by Crippen LogP contribution is 2.27. The number of hydrogen-bond donors (Lipinski definition) is 1. The van der Waals surface area contributed by atoms with Crippen molar-refractivity contribution in [2.75, 3.05) is 0 Å². The number of carbonyl (C=O) groups excluding carboxylic acids is 1. The molecule has 0 bridgehead atoms. The molecule has 0 aromatic heterocycles.